The monoisotopic (exact) mass is 401 g/mol. The molecule has 21 heavy (non-hydrogen) atoms. The third kappa shape index (κ3) is 5.51. The van der Waals surface area contributed by atoms with Crippen LogP contribution in [0.15, 0.2) is 21.5 Å². The van der Waals surface area contributed by atoms with Gasteiger partial charge in [0.05, 0.1) is 9.82 Å². The van der Waals surface area contributed by atoms with Crippen molar-refractivity contribution in [3.05, 3.63) is 32.3 Å². The van der Waals surface area contributed by atoms with E-state index in [1.165, 1.54) is 6.07 Å². The first-order chi connectivity index (χ1) is 9.29. The predicted octanol–water partition coefficient (Wildman–Crippen LogP) is 1.98. The molecule has 0 aliphatic carbocycles. The highest BCUT2D eigenvalue weighted by molar-refractivity contribution is 9.10. The van der Waals surface area contributed by atoms with Gasteiger partial charge in [-0.3, -0.25) is 10.1 Å². The minimum absolute atomic E-state index is 0. The van der Waals surface area contributed by atoms with Gasteiger partial charge in [0.1, 0.15) is 0 Å². The summed E-state index contributed by atoms with van der Waals surface area (Å²) in [6.07, 6.45) is 0.630. The standard InChI is InChI=1S/C11H16BrN3O4S.ClH/c1-8-10(12)6-9(7-11(8)15(16)17)20(18,19)14-5-3-4-13-2;/h6-7,13-14H,3-5H2,1-2H3;1H. The van der Waals surface area contributed by atoms with Crippen LogP contribution < -0.4 is 10.0 Å². The molecule has 0 aliphatic rings. The van der Waals surface area contributed by atoms with Crippen LogP contribution >= 0.6 is 28.3 Å². The summed E-state index contributed by atoms with van der Waals surface area (Å²) >= 11 is 3.14. The summed E-state index contributed by atoms with van der Waals surface area (Å²) < 4.78 is 26.9. The lowest BCUT2D eigenvalue weighted by atomic mass is 10.2. The average molecular weight is 403 g/mol. The molecule has 0 fully saturated rings. The zero-order valence-corrected chi connectivity index (χ0v) is 14.8. The van der Waals surface area contributed by atoms with E-state index in [1.807, 2.05) is 0 Å². The van der Waals surface area contributed by atoms with Gasteiger partial charge < -0.3 is 5.32 Å². The Morgan fingerprint density at radius 1 is 1.33 bits per heavy atom. The number of nitrogens with one attached hydrogen (secondary N) is 2. The number of rotatable bonds is 7. The summed E-state index contributed by atoms with van der Waals surface area (Å²) in [5.41, 5.74) is 0.166. The molecule has 1 aromatic carbocycles. The number of nitro benzene ring substituents is 1. The van der Waals surface area contributed by atoms with Crippen molar-refractivity contribution in [2.24, 2.45) is 0 Å². The first-order valence-electron chi connectivity index (χ1n) is 5.88. The number of sulfonamides is 1. The van der Waals surface area contributed by atoms with Gasteiger partial charge >= 0.3 is 0 Å². The Kier molecular flexibility index (Phi) is 8.34. The minimum atomic E-state index is -3.75. The second-order valence-electron chi connectivity index (χ2n) is 4.16. The van der Waals surface area contributed by atoms with Crippen LogP contribution in [0.3, 0.4) is 0 Å². The van der Waals surface area contributed by atoms with E-state index in [2.05, 4.69) is 26.0 Å². The largest absolute Gasteiger partial charge is 0.320 e. The van der Waals surface area contributed by atoms with Gasteiger partial charge in [0.15, 0.2) is 0 Å². The minimum Gasteiger partial charge on any atom is -0.320 e. The molecular formula is C11H17BrClN3O4S. The average Bonchev–Trinajstić information content (AvgIpc) is 2.37. The lowest BCUT2D eigenvalue weighted by Crippen LogP contribution is -2.27. The number of nitrogens with zero attached hydrogens (tertiary/aromatic N) is 1. The molecular weight excluding hydrogens is 386 g/mol. The molecule has 0 radical (unpaired) electrons. The van der Waals surface area contributed by atoms with Gasteiger partial charge in [0.2, 0.25) is 10.0 Å². The Balaban J connectivity index is 0.00000400. The van der Waals surface area contributed by atoms with Crippen molar-refractivity contribution in [3.8, 4) is 0 Å². The van der Waals surface area contributed by atoms with Gasteiger partial charge in [-0.1, -0.05) is 15.9 Å². The molecule has 2 N–H and O–H groups in total. The third-order valence-electron chi connectivity index (χ3n) is 2.69. The van der Waals surface area contributed by atoms with Crippen LogP contribution in [0, 0.1) is 17.0 Å². The summed E-state index contributed by atoms with van der Waals surface area (Å²) in [7, 11) is -1.98. The Morgan fingerprint density at radius 2 is 1.95 bits per heavy atom. The van der Waals surface area contributed by atoms with Crippen LogP contribution in [-0.2, 0) is 10.0 Å². The van der Waals surface area contributed by atoms with Crippen LogP contribution in [-0.4, -0.2) is 33.5 Å². The zero-order valence-electron chi connectivity index (χ0n) is 11.6. The van der Waals surface area contributed by atoms with E-state index in [0.717, 1.165) is 6.07 Å². The van der Waals surface area contributed by atoms with Gasteiger partial charge in [-0.2, -0.15) is 0 Å². The van der Waals surface area contributed by atoms with Crippen molar-refractivity contribution in [2.45, 2.75) is 18.2 Å². The molecule has 7 nitrogen and oxygen atoms in total. The molecule has 0 unspecified atom stereocenters. The lowest BCUT2D eigenvalue weighted by Gasteiger charge is -2.08. The van der Waals surface area contributed by atoms with Crippen LogP contribution in [0.1, 0.15) is 12.0 Å². The molecule has 0 bridgehead atoms. The molecule has 1 aromatic rings. The van der Waals surface area contributed by atoms with Gasteiger partial charge in [-0.25, -0.2) is 13.1 Å². The fourth-order valence-electron chi connectivity index (χ4n) is 1.54. The van der Waals surface area contributed by atoms with E-state index in [9.17, 15) is 18.5 Å². The number of halogens is 2. The van der Waals surface area contributed by atoms with E-state index in [0.29, 0.717) is 23.0 Å². The van der Waals surface area contributed by atoms with E-state index < -0.39 is 14.9 Å². The van der Waals surface area contributed by atoms with Gasteiger partial charge in [0, 0.05) is 22.6 Å². The summed E-state index contributed by atoms with van der Waals surface area (Å²) in [5.74, 6) is 0. The molecule has 0 saturated carbocycles. The Hall–Kier alpha value is -0.740. The molecule has 0 atom stereocenters. The van der Waals surface area contributed by atoms with E-state index in [4.69, 9.17) is 0 Å². The molecule has 0 aliphatic heterocycles. The number of hydrogen-bond donors (Lipinski definition) is 2. The molecule has 10 heteroatoms. The van der Waals surface area contributed by atoms with Crippen LogP contribution in [0.25, 0.3) is 0 Å². The maximum atomic E-state index is 12.1. The first-order valence-corrected chi connectivity index (χ1v) is 8.16. The fraction of sp³-hybridized carbons (Fsp3) is 0.455. The van der Waals surface area contributed by atoms with Crippen molar-refractivity contribution in [3.63, 3.8) is 0 Å². The lowest BCUT2D eigenvalue weighted by molar-refractivity contribution is -0.385. The summed E-state index contributed by atoms with van der Waals surface area (Å²) in [5, 5.41) is 13.8. The fourth-order valence-corrected chi connectivity index (χ4v) is 3.26. The Bertz CT molecular complexity index is 610. The third-order valence-corrected chi connectivity index (χ3v) is 4.96. The molecule has 0 heterocycles. The quantitative estimate of drug-likeness (QED) is 0.412. The van der Waals surface area contributed by atoms with Crippen LogP contribution in [0.4, 0.5) is 5.69 Å². The normalized spacial score (nSPS) is 11.0. The number of hydrogen-bond acceptors (Lipinski definition) is 5. The topological polar surface area (TPSA) is 101 Å². The van der Waals surface area contributed by atoms with Crippen molar-refractivity contribution < 1.29 is 13.3 Å². The smallest absolute Gasteiger partial charge is 0.274 e. The van der Waals surface area contributed by atoms with Crippen molar-refractivity contribution in [1.29, 1.82) is 0 Å². The van der Waals surface area contributed by atoms with E-state index in [-0.39, 0.29) is 29.5 Å². The SMILES string of the molecule is CNCCCNS(=O)(=O)c1cc(Br)c(C)c([N+](=O)[O-])c1.Cl. The van der Waals surface area contributed by atoms with Crippen LogP contribution in [0.2, 0.25) is 0 Å². The van der Waals surface area contributed by atoms with Crippen molar-refractivity contribution >= 4 is 44.0 Å². The first kappa shape index (κ1) is 20.3. The Labute approximate surface area is 138 Å². The van der Waals surface area contributed by atoms with Gasteiger partial charge in [-0.05, 0) is 33.0 Å². The maximum absolute atomic E-state index is 12.1. The second-order valence-corrected chi connectivity index (χ2v) is 6.78. The highest BCUT2D eigenvalue weighted by Crippen LogP contribution is 2.29. The second kappa shape index (κ2) is 8.64. The van der Waals surface area contributed by atoms with E-state index in [1.54, 1.807) is 14.0 Å². The van der Waals surface area contributed by atoms with Gasteiger partial charge in [0.25, 0.3) is 5.69 Å². The van der Waals surface area contributed by atoms with Crippen LogP contribution in [0.5, 0.6) is 0 Å². The Morgan fingerprint density at radius 3 is 2.48 bits per heavy atom. The number of benzene rings is 1. The van der Waals surface area contributed by atoms with Gasteiger partial charge in [-0.15, -0.1) is 12.4 Å². The highest BCUT2D eigenvalue weighted by atomic mass is 79.9. The summed E-state index contributed by atoms with van der Waals surface area (Å²) in [4.78, 5) is 10.2. The van der Waals surface area contributed by atoms with Crippen molar-refractivity contribution in [2.75, 3.05) is 20.1 Å². The molecule has 0 amide bonds. The summed E-state index contributed by atoms with van der Waals surface area (Å²) in [6, 6.07) is 2.43. The van der Waals surface area contributed by atoms with E-state index >= 15 is 0 Å². The molecule has 0 saturated heterocycles. The predicted molar refractivity (Wildman–Crippen MR) is 86.5 cm³/mol. The molecule has 0 aromatic heterocycles. The molecule has 1 rings (SSSR count). The number of nitro groups is 1. The van der Waals surface area contributed by atoms with Crippen molar-refractivity contribution in [1.82, 2.24) is 10.0 Å². The molecule has 0 spiro atoms. The molecule has 120 valence electrons. The summed E-state index contributed by atoms with van der Waals surface area (Å²) in [6.45, 7) is 2.50. The zero-order chi connectivity index (χ0) is 15.3. The maximum Gasteiger partial charge on any atom is 0.274 e. The highest BCUT2D eigenvalue weighted by Gasteiger charge is 2.21.